The Balaban J connectivity index is 1.18. The summed E-state index contributed by atoms with van der Waals surface area (Å²) in [5.41, 5.74) is 2.31. The van der Waals surface area contributed by atoms with Gasteiger partial charge in [0.25, 0.3) is 0 Å². The van der Waals surface area contributed by atoms with Crippen molar-refractivity contribution in [2.45, 2.75) is 25.6 Å². The summed E-state index contributed by atoms with van der Waals surface area (Å²) >= 11 is 0. The number of hydrogen-bond donors (Lipinski definition) is 2. The van der Waals surface area contributed by atoms with Gasteiger partial charge in [-0.2, -0.15) is 0 Å². The number of nitrogens with zero attached hydrogens (tertiary/aromatic N) is 3. The largest absolute Gasteiger partial charge is 0.378 e. The highest BCUT2D eigenvalue weighted by atomic mass is 16.5. The van der Waals surface area contributed by atoms with Crippen LogP contribution in [0.1, 0.15) is 17.5 Å². The van der Waals surface area contributed by atoms with Crippen molar-refractivity contribution in [3.63, 3.8) is 0 Å². The molecule has 0 radical (unpaired) electrons. The zero-order chi connectivity index (χ0) is 19.9. The Labute approximate surface area is 172 Å². The maximum Gasteiger partial charge on any atom is 0.315 e. The van der Waals surface area contributed by atoms with Crippen molar-refractivity contribution >= 4 is 11.8 Å². The van der Waals surface area contributed by atoms with Gasteiger partial charge >= 0.3 is 6.03 Å². The van der Waals surface area contributed by atoms with Gasteiger partial charge in [0, 0.05) is 51.5 Å². The van der Waals surface area contributed by atoms with E-state index in [1.807, 2.05) is 24.4 Å². The van der Waals surface area contributed by atoms with E-state index in [9.17, 15) is 4.79 Å². The van der Waals surface area contributed by atoms with E-state index in [0.29, 0.717) is 6.54 Å². The van der Waals surface area contributed by atoms with Gasteiger partial charge in [0.05, 0.1) is 13.2 Å². The molecule has 2 amide bonds. The quantitative estimate of drug-likeness (QED) is 0.783. The number of likely N-dealkylation sites (tertiary alicyclic amines) is 1. The molecule has 4 rings (SSSR count). The molecule has 2 aliphatic rings. The molecule has 1 aromatic heterocycles. The van der Waals surface area contributed by atoms with E-state index in [1.165, 1.54) is 5.56 Å². The van der Waals surface area contributed by atoms with Crippen LogP contribution < -0.4 is 15.5 Å². The lowest BCUT2D eigenvalue weighted by atomic mass is 10.2. The van der Waals surface area contributed by atoms with Crippen LogP contribution in [0.4, 0.5) is 10.6 Å². The molecular formula is C22H29N5O2. The molecule has 154 valence electrons. The van der Waals surface area contributed by atoms with E-state index in [0.717, 1.165) is 63.7 Å². The SMILES string of the molecule is O=C(NCc1ccc(N2CCOCC2)nc1)N[C@H]1CCN(Cc2ccccc2)C1. The Hall–Kier alpha value is -2.64. The van der Waals surface area contributed by atoms with Gasteiger partial charge in [-0.1, -0.05) is 36.4 Å². The molecule has 2 N–H and O–H groups in total. The fourth-order valence-corrected chi connectivity index (χ4v) is 3.86. The highest BCUT2D eigenvalue weighted by molar-refractivity contribution is 5.74. The van der Waals surface area contributed by atoms with Gasteiger partial charge in [0.15, 0.2) is 0 Å². The van der Waals surface area contributed by atoms with Crippen molar-refractivity contribution in [3.8, 4) is 0 Å². The summed E-state index contributed by atoms with van der Waals surface area (Å²) in [5.74, 6) is 0.964. The van der Waals surface area contributed by atoms with Crippen LogP contribution in [0.3, 0.4) is 0 Å². The average Bonchev–Trinajstić information content (AvgIpc) is 3.20. The van der Waals surface area contributed by atoms with Crippen LogP contribution in [0.15, 0.2) is 48.7 Å². The smallest absolute Gasteiger partial charge is 0.315 e. The molecule has 2 aromatic rings. The molecule has 7 heteroatoms. The molecular weight excluding hydrogens is 366 g/mol. The lowest BCUT2D eigenvalue weighted by Gasteiger charge is -2.27. The van der Waals surface area contributed by atoms with Crippen LogP contribution in [0.5, 0.6) is 0 Å². The van der Waals surface area contributed by atoms with Crippen LogP contribution in [0.2, 0.25) is 0 Å². The van der Waals surface area contributed by atoms with E-state index in [1.54, 1.807) is 0 Å². The lowest BCUT2D eigenvalue weighted by Crippen LogP contribution is -2.43. The number of anilines is 1. The second-order valence-corrected chi connectivity index (χ2v) is 7.66. The lowest BCUT2D eigenvalue weighted by molar-refractivity contribution is 0.122. The molecule has 0 bridgehead atoms. The predicted octanol–water partition coefficient (Wildman–Crippen LogP) is 1.99. The summed E-state index contributed by atoms with van der Waals surface area (Å²) in [6, 6.07) is 14.6. The van der Waals surface area contributed by atoms with Gasteiger partial charge in [-0.05, 0) is 23.6 Å². The number of morpholine rings is 1. The van der Waals surface area contributed by atoms with E-state index in [2.05, 4.69) is 49.7 Å². The highest BCUT2D eigenvalue weighted by Gasteiger charge is 2.23. The number of nitrogens with one attached hydrogen (secondary N) is 2. The third-order valence-corrected chi connectivity index (χ3v) is 5.45. The highest BCUT2D eigenvalue weighted by Crippen LogP contribution is 2.14. The number of hydrogen-bond acceptors (Lipinski definition) is 5. The number of rotatable bonds is 6. The van der Waals surface area contributed by atoms with E-state index in [-0.39, 0.29) is 12.1 Å². The Bertz CT molecular complexity index is 778. The molecule has 2 saturated heterocycles. The van der Waals surface area contributed by atoms with E-state index in [4.69, 9.17) is 4.74 Å². The van der Waals surface area contributed by atoms with Gasteiger partial charge < -0.3 is 20.3 Å². The normalized spacial score (nSPS) is 19.9. The minimum absolute atomic E-state index is 0.117. The first-order valence-electron chi connectivity index (χ1n) is 10.3. The summed E-state index contributed by atoms with van der Waals surface area (Å²) in [6.45, 7) is 6.53. The third kappa shape index (κ3) is 5.68. The van der Waals surface area contributed by atoms with E-state index < -0.39 is 0 Å². The molecule has 1 aromatic carbocycles. The molecule has 0 unspecified atom stereocenters. The maximum absolute atomic E-state index is 12.3. The Kier molecular flexibility index (Phi) is 6.59. The topological polar surface area (TPSA) is 69.7 Å². The number of ether oxygens (including phenoxy) is 1. The predicted molar refractivity (Wildman–Crippen MR) is 113 cm³/mol. The molecule has 0 saturated carbocycles. The van der Waals surface area contributed by atoms with Gasteiger partial charge in [0.1, 0.15) is 5.82 Å². The monoisotopic (exact) mass is 395 g/mol. The van der Waals surface area contributed by atoms with Crippen LogP contribution in [-0.2, 0) is 17.8 Å². The number of urea groups is 1. The van der Waals surface area contributed by atoms with Crippen molar-refractivity contribution in [1.29, 1.82) is 0 Å². The molecule has 3 heterocycles. The van der Waals surface area contributed by atoms with Crippen LogP contribution >= 0.6 is 0 Å². The second-order valence-electron chi connectivity index (χ2n) is 7.66. The summed E-state index contributed by atoms with van der Waals surface area (Å²) in [6.07, 6.45) is 2.82. The van der Waals surface area contributed by atoms with Crippen LogP contribution in [0, 0.1) is 0 Å². The van der Waals surface area contributed by atoms with Gasteiger partial charge in [-0.15, -0.1) is 0 Å². The first-order chi connectivity index (χ1) is 14.3. The summed E-state index contributed by atoms with van der Waals surface area (Å²) in [4.78, 5) is 21.4. The van der Waals surface area contributed by atoms with Crippen molar-refractivity contribution in [1.82, 2.24) is 20.5 Å². The van der Waals surface area contributed by atoms with Crippen molar-refractivity contribution in [2.75, 3.05) is 44.3 Å². The standard InChI is InChI=1S/C22H29N5O2/c28-22(25-20-8-9-26(17-20)16-18-4-2-1-3-5-18)24-15-19-6-7-21(23-14-19)27-10-12-29-13-11-27/h1-7,14,20H,8-13,15-17H2,(H2,24,25,28)/t20-/m0/s1. The molecule has 0 aliphatic carbocycles. The third-order valence-electron chi connectivity index (χ3n) is 5.45. The zero-order valence-electron chi connectivity index (χ0n) is 16.7. The number of pyridine rings is 1. The number of carbonyl (C=O) groups is 1. The molecule has 29 heavy (non-hydrogen) atoms. The Morgan fingerprint density at radius 3 is 2.66 bits per heavy atom. The van der Waals surface area contributed by atoms with Crippen LogP contribution in [0.25, 0.3) is 0 Å². The Morgan fingerprint density at radius 2 is 1.90 bits per heavy atom. The molecule has 2 aliphatic heterocycles. The summed E-state index contributed by atoms with van der Waals surface area (Å²) in [7, 11) is 0. The number of aromatic nitrogens is 1. The van der Waals surface area contributed by atoms with Crippen molar-refractivity contribution in [3.05, 3.63) is 59.8 Å². The first-order valence-corrected chi connectivity index (χ1v) is 10.3. The van der Waals surface area contributed by atoms with E-state index >= 15 is 0 Å². The molecule has 7 nitrogen and oxygen atoms in total. The maximum atomic E-state index is 12.3. The Morgan fingerprint density at radius 1 is 1.07 bits per heavy atom. The van der Waals surface area contributed by atoms with Crippen LogP contribution in [-0.4, -0.2) is 61.3 Å². The minimum Gasteiger partial charge on any atom is -0.378 e. The fourth-order valence-electron chi connectivity index (χ4n) is 3.86. The number of carbonyl (C=O) groups excluding carboxylic acids is 1. The fraction of sp³-hybridized carbons (Fsp3) is 0.455. The number of benzene rings is 1. The first kappa shape index (κ1) is 19.7. The second kappa shape index (κ2) is 9.71. The molecule has 1 atom stereocenters. The van der Waals surface area contributed by atoms with Gasteiger partial charge in [0.2, 0.25) is 0 Å². The van der Waals surface area contributed by atoms with Gasteiger partial charge in [-0.25, -0.2) is 9.78 Å². The zero-order valence-corrected chi connectivity index (χ0v) is 16.7. The molecule has 2 fully saturated rings. The number of amides is 2. The summed E-state index contributed by atoms with van der Waals surface area (Å²) in [5, 5.41) is 6.04. The van der Waals surface area contributed by atoms with Gasteiger partial charge in [-0.3, -0.25) is 4.90 Å². The minimum atomic E-state index is -0.117. The average molecular weight is 396 g/mol. The van der Waals surface area contributed by atoms with Crippen molar-refractivity contribution < 1.29 is 9.53 Å². The molecule has 0 spiro atoms. The summed E-state index contributed by atoms with van der Waals surface area (Å²) < 4.78 is 5.37. The van der Waals surface area contributed by atoms with Crippen molar-refractivity contribution in [2.24, 2.45) is 0 Å².